The van der Waals surface area contributed by atoms with Crippen LogP contribution in [0.3, 0.4) is 0 Å². The molecule has 0 spiro atoms. The Morgan fingerprint density at radius 1 is 1.22 bits per heavy atom. The number of amides is 1. The third-order valence-electron chi connectivity index (χ3n) is 3.52. The number of ether oxygens (including phenoxy) is 3. The summed E-state index contributed by atoms with van der Waals surface area (Å²) in [5, 5.41) is 2.72. The minimum atomic E-state index is -1.08. The molecular weight excluding hydrogens is 377 g/mol. The normalized spacial score (nSPS) is 11.4. The molecule has 27 heavy (non-hydrogen) atoms. The van der Waals surface area contributed by atoms with E-state index in [0.29, 0.717) is 18.0 Å². The van der Waals surface area contributed by atoms with Gasteiger partial charge in [-0.1, -0.05) is 11.6 Å². The van der Waals surface area contributed by atoms with Gasteiger partial charge in [0.25, 0.3) is 5.91 Å². The SMILES string of the molecule is CCOc1c(Cl)cc(C(=O)O[C@@H](C)C(=O)Nc2ccc(F)cc2)cc1OC. The second-order valence-electron chi connectivity index (χ2n) is 5.47. The molecule has 1 N–H and O–H groups in total. The van der Waals surface area contributed by atoms with Gasteiger partial charge in [-0.05, 0) is 50.2 Å². The molecule has 0 aliphatic rings. The fourth-order valence-corrected chi connectivity index (χ4v) is 2.45. The monoisotopic (exact) mass is 395 g/mol. The van der Waals surface area contributed by atoms with Crippen molar-refractivity contribution in [3.8, 4) is 11.5 Å². The summed E-state index contributed by atoms with van der Waals surface area (Å²) in [6, 6.07) is 8.02. The van der Waals surface area contributed by atoms with Crippen molar-refractivity contribution in [2.24, 2.45) is 0 Å². The summed E-state index contributed by atoms with van der Waals surface area (Å²) in [6.07, 6.45) is -1.08. The van der Waals surface area contributed by atoms with Gasteiger partial charge in [-0.25, -0.2) is 9.18 Å². The van der Waals surface area contributed by atoms with Gasteiger partial charge in [0, 0.05) is 5.69 Å². The zero-order valence-electron chi connectivity index (χ0n) is 15.0. The molecule has 0 radical (unpaired) electrons. The summed E-state index contributed by atoms with van der Waals surface area (Å²) >= 11 is 6.13. The molecule has 0 aliphatic carbocycles. The van der Waals surface area contributed by atoms with E-state index in [9.17, 15) is 14.0 Å². The lowest BCUT2D eigenvalue weighted by molar-refractivity contribution is -0.123. The van der Waals surface area contributed by atoms with E-state index in [1.165, 1.54) is 50.4 Å². The zero-order valence-corrected chi connectivity index (χ0v) is 15.8. The van der Waals surface area contributed by atoms with E-state index in [2.05, 4.69) is 5.32 Å². The average Bonchev–Trinajstić information content (AvgIpc) is 2.64. The van der Waals surface area contributed by atoms with E-state index < -0.39 is 23.8 Å². The van der Waals surface area contributed by atoms with Gasteiger partial charge in [-0.3, -0.25) is 4.79 Å². The van der Waals surface area contributed by atoms with Crippen molar-refractivity contribution in [1.29, 1.82) is 0 Å². The van der Waals surface area contributed by atoms with Crippen LogP contribution in [0.2, 0.25) is 5.02 Å². The molecule has 1 amide bonds. The van der Waals surface area contributed by atoms with Crippen molar-refractivity contribution in [2.45, 2.75) is 20.0 Å². The van der Waals surface area contributed by atoms with Gasteiger partial charge in [0.15, 0.2) is 17.6 Å². The quantitative estimate of drug-likeness (QED) is 0.715. The van der Waals surface area contributed by atoms with Gasteiger partial charge in [0.05, 0.1) is 24.3 Å². The highest BCUT2D eigenvalue weighted by atomic mass is 35.5. The minimum absolute atomic E-state index is 0.113. The van der Waals surface area contributed by atoms with Crippen LogP contribution in [-0.4, -0.2) is 31.7 Å². The van der Waals surface area contributed by atoms with Crippen LogP contribution in [0, 0.1) is 5.82 Å². The molecule has 8 heteroatoms. The molecule has 0 bridgehead atoms. The molecule has 2 aromatic carbocycles. The number of carbonyl (C=O) groups is 2. The summed E-state index contributed by atoms with van der Waals surface area (Å²) in [5.74, 6) is -1.13. The fraction of sp³-hybridized carbons (Fsp3) is 0.263. The molecule has 2 rings (SSSR count). The highest BCUT2D eigenvalue weighted by Gasteiger charge is 2.22. The van der Waals surface area contributed by atoms with E-state index >= 15 is 0 Å². The maximum Gasteiger partial charge on any atom is 0.339 e. The Kier molecular flexibility index (Phi) is 7.01. The lowest BCUT2D eigenvalue weighted by Gasteiger charge is -2.15. The van der Waals surface area contributed by atoms with E-state index in [0.717, 1.165) is 0 Å². The van der Waals surface area contributed by atoms with Gasteiger partial charge < -0.3 is 19.5 Å². The maximum absolute atomic E-state index is 12.9. The highest BCUT2D eigenvalue weighted by molar-refractivity contribution is 6.32. The second kappa shape index (κ2) is 9.23. The maximum atomic E-state index is 12.9. The van der Waals surface area contributed by atoms with Crippen molar-refractivity contribution >= 4 is 29.2 Å². The Morgan fingerprint density at radius 3 is 2.48 bits per heavy atom. The minimum Gasteiger partial charge on any atom is -0.493 e. The summed E-state index contributed by atoms with van der Waals surface area (Å²) in [5.41, 5.74) is 0.497. The Bertz CT molecular complexity index is 826. The average molecular weight is 396 g/mol. The van der Waals surface area contributed by atoms with Crippen LogP contribution in [0.1, 0.15) is 24.2 Å². The van der Waals surface area contributed by atoms with Gasteiger partial charge in [0.2, 0.25) is 0 Å². The Hall–Kier alpha value is -2.80. The third kappa shape index (κ3) is 5.34. The molecule has 0 saturated carbocycles. The standard InChI is InChI=1S/C19H19ClFNO5/c1-4-26-17-15(20)9-12(10-16(17)25-3)19(24)27-11(2)18(23)22-14-7-5-13(21)6-8-14/h5-11H,4H2,1-3H3,(H,22,23)/t11-/m0/s1. The number of nitrogens with one attached hydrogen (secondary N) is 1. The Balaban J connectivity index is 2.08. The molecule has 0 aromatic heterocycles. The number of hydrogen-bond acceptors (Lipinski definition) is 5. The number of rotatable bonds is 7. The lowest BCUT2D eigenvalue weighted by Crippen LogP contribution is -2.30. The molecule has 0 saturated heterocycles. The van der Waals surface area contributed by atoms with Gasteiger partial charge in [-0.2, -0.15) is 0 Å². The molecular formula is C19H19ClFNO5. The van der Waals surface area contributed by atoms with E-state index in [-0.39, 0.29) is 16.3 Å². The topological polar surface area (TPSA) is 73.9 Å². The first-order valence-electron chi connectivity index (χ1n) is 8.13. The van der Waals surface area contributed by atoms with Crippen molar-refractivity contribution in [2.75, 3.05) is 19.0 Å². The number of benzene rings is 2. The van der Waals surface area contributed by atoms with E-state index in [1.54, 1.807) is 6.92 Å². The summed E-state index contributed by atoms with van der Waals surface area (Å²) in [7, 11) is 1.42. The molecule has 2 aromatic rings. The van der Waals surface area contributed by atoms with Crippen LogP contribution < -0.4 is 14.8 Å². The van der Waals surface area contributed by atoms with E-state index in [4.69, 9.17) is 25.8 Å². The second-order valence-corrected chi connectivity index (χ2v) is 5.87. The van der Waals surface area contributed by atoms with Gasteiger partial charge in [-0.15, -0.1) is 0 Å². The van der Waals surface area contributed by atoms with Crippen molar-refractivity contribution in [3.05, 3.63) is 52.8 Å². The lowest BCUT2D eigenvalue weighted by atomic mass is 10.2. The highest BCUT2D eigenvalue weighted by Crippen LogP contribution is 2.36. The molecule has 1 atom stereocenters. The van der Waals surface area contributed by atoms with Gasteiger partial charge >= 0.3 is 5.97 Å². The van der Waals surface area contributed by atoms with Crippen LogP contribution in [0.15, 0.2) is 36.4 Å². The first kappa shape index (κ1) is 20.5. The van der Waals surface area contributed by atoms with Crippen LogP contribution in [0.25, 0.3) is 0 Å². The van der Waals surface area contributed by atoms with Crippen molar-refractivity contribution in [1.82, 2.24) is 0 Å². The molecule has 0 aliphatic heterocycles. The number of anilines is 1. The summed E-state index contributed by atoms with van der Waals surface area (Å²) in [4.78, 5) is 24.5. The van der Waals surface area contributed by atoms with Crippen LogP contribution >= 0.6 is 11.6 Å². The van der Waals surface area contributed by atoms with Crippen molar-refractivity contribution < 1.29 is 28.2 Å². The summed E-state index contributed by atoms with van der Waals surface area (Å²) in [6.45, 7) is 3.59. The molecule has 6 nitrogen and oxygen atoms in total. The molecule has 0 heterocycles. The van der Waals surface area contributed by atoms with Crippen LogP contribution in [0.4, 0.5) is 10.1 Å². The van der Waals surface area contributed by atoms with E-state index in [1.807, 2.05) is 0 Å². The predicted molar refractivity (Wildman–Crippen MR) is 99.1 cm³/mol. The Labute approximate surface area is 161 Å². The predicted octanol–water partition coefficient (Wildman–Crippen LogP) is 4.07. The largest absolute Gasteiger partial charge is 0.493 e. The fourth-order valence-electron chi connectivity index (χ4n) is 2.18. The van der Waals surface area contributed by atoms with Crippen LogP contribution in [-0.2, 0) is 9.53 Å². The Morgan fingerprint density at radius 2 is 1.89 bits per heavy atom. The molecule has 0 fully saturated rings. The third-order valence-corrected chi connectivity index (χ3v) is 3.80. The first-order valence-corrected chi connectivity index (χ1v) is 8.51. The number of hydrogen-bond donors (Lipinski definition) is 1. The summed E-state index contributed by atoms with van der Waals surface area (Å²) < 4.78 is 28.6. The molecule has 0 unspecified atom stereocenters. The number of halogens is 2. The number of methoxy groups -OCH3 is 1. The van der Waals surface area contributed by atoms with Crippen molar-refractivity contribution in [3.63, 3.8) is 0 Å². The van der Waals surface area contributed by atoms with Crippen LogP contribution in [0.5, 0.6) is 11.5 Å². The number of carbonyl (C=O) groups excluding carboxylic acids is 2. The van der Waals surface area contributed by atoms with Gasteiger partial charge in [0.1, 0.15) is 5.82 Å². The molecule has 144 valence electrons. The number of esters is 1. The first-order chi connectivity index (χ1) is 12.8. The smallest absolute Gasteiger partial charge is 0.339 e. The zero-order chi connectivity index (χ0) is 20.0.